The number of rotatable bonds is 0. The first kappa shape index (κ1) is 11.2. The van der Waals surface area contributed by atoms with Crippen LogP contribution in [0.1, 0.15) is 0 Å². The molecule has 2 heteroatoms. The van der Waals surface area contributed by atoms with Gasteiger partial charge in [0.25, 0.3) is 0 Å². The Morgan fingerprint density at radius 2 is 1.48 bits per heavy atom. The van der Waals surface area contributed by atoms with Crippen LogP contribution in [0.2, 0.25) is 0 Å². The summed E-state index contributed by atoms with van der Waals surface area (Å²) in [4.78, 5) is 4.58. The van der Waals surface area contributed by atoms with Gasteiger partial charge in [-0.05, 0) is 18.2 Å². The molecule has 5 aromatic rings. The molecule has 0 fully saturated rings. The topological polar surface area (TPSA) is 12.9 Å². The van der Waals surface area contributed by atoms with E-state index in [4.69, 9.17) is 0 Å². The van der Waals surface area contributed by atoms with E-state index in [9.17, 15) is 0 Å². The number of pyridine rings is 1. The highest BCUT2D eigenvalue weighted by molar-refractivity contribution is 7.26. The lowest BCUT2D eigenvalue weighted by molar-refractivity contribution is 1.45. The monoisotopic (exact) mass is 285 g/mol. The predicted molar refractivity (Wildman–Crippen MR) is 92.1 cm³/mol. The second kappa shape index (κ2) is 4.03. The van der Waals surface area contributed by atoms with E-state index in [1.807, 2.05) is 23.6 Å². The maximum atomic E-state index is 4.58. The van der Waals surface area contributed by atoms with Gasteiger partial charge in [-0.25, -0.2) is 0 Å². The molecule has 0 aliphatic carbocycles. The van der Waals surface area contributed by atoms with Gasteiger partial charge in [0.05, 0.1) is 5.52 Å². The van der Waals surface area contributed by atoms with E-state index in [1.54, 1.807) is 0 Å². The van der Waals surface area contributed by atoms with Crippen molar-refractivity contribution < 1.29 is 0 Å². The number of hydrogen-bond acceptors (Lipinski definition) is 2. The molecule has 0 unspecified atom stereocenters. The zero-order valence-electron chi connectivity index (χ0n) is 11.2. The fourth-order valence-electron chi connectivity index (χ4n) is 3.17. The van der Waals surface area contributed by atoms with Crippen LogP contribution in [0, 0.1) is 0 Å². The summed E-state index contributed by atoms with van der Waals surface area (Å²) in [7, 11) is 0. The number of nitrogens with zero attached hydrogens (tertiary/aromatic N) is 1. The van der Waals surface area contributed by atoms with Gasteiger partial charge >= 0.3 is 0 Å². The smallest absolute Gasteiger partial charge is 0.0708 e. The summed E-state index contributed by atoms with van der Waals surface area (Å²) < 4.78 is 2.70. The third-order valence-corrected chi connectivity index (χ3v) is 5.23. The van der Waals surface area contributed by atoms with Crippen LogP contribution >= 0.6 is 11.3 Å². The summed E-state index contributed by atoms with van der Waals surface area (Å²) in [5.41, 5.74) is 1.06. The lowest BCUT2D eigenvalue weighted by Crippen LogP contribution is -1.82. The summed E-state index contributed by atoms with van der Waals surface area (Å²) in [6.45, 7) is 0. The average molecular weight is 285 g/mol. The maximum Gasteiger partial charge on any atom is 0.0708 e. The molecule has 0 aliphatic rings. The summed E-state index contributed by atoms with van der Waals surface area (Å²) in [6, 6.07) is 21.5. The molecule has 1 nitrogen and oxygen atoms in total. The normalized spacial score (nSPS) is 11.8. The van der Waals surface area contributed by atoms with Gasteiger partial charge in [0.15, 0.2) is 0 Å². The van der Waals surface area contributed by atoms with Gasteiger partial charge in [0.2, 0.25) is 0 Å². The van der Waals surface area contributed by atoms with Crippen molar-refractivity contribution in [3.8, 4) is 0 Å². The summed E-state index contributed by atoms with van der Waals surface area (Å²) in [5.74, 6) is 0. The van der Waals surface area contributed by atoms with Gasteiger partial charge in [-0.2, -0.15) is 0 Å². The van der Waals surface area contributed by atoms with Crippen LogP contribution in [0.25, 0.3) is 41.8 Å². The van der Waals surface area contributed by atoms with E-state index in [0.29, 0.717) is 0 Å². The third-order valence-electron chi connectivity index (χ3n) is 4.09. The van der Waals surface area contributed by atoms with Crippen LogP contribution < -0.4 is 0 Å². The Labute approximate surface area is 125 Å². The van der Waals surface area contributed by atoms with Crippen LogP contribution in [0.4, 0.5) is 0 Å². The van der Waals surface area contributed by atoms with Crippen LogP contribution in [0.15, 0.2) is 66.9 Å². The Balaban J connectivity index is 2.19. The molecule has 5 rings (SSSR count). The Bertz CT molecular complexity index is 1140. The highest BCUT2D eigenvalue weighted by Crippen LogP contribution is 2.40. The molecule has 0 bridgehead atoms. The van der Waals surface area contributed by atoms with Crippen molar-refractivity contribution in [2.75, 3.05) is 0 Å². The van der Waals surface area contributed by atoms with Gasteiger partial charge in [-0.3, -0.25) is 4.98 Å². The lowest BCUT2D eigenvalue weighted by atomic mass is 10.0. The molecule has 98 valence electrons. The molecular formula is C19H11NS. The van der Waals surface area contributed by atoms with Crippen molar-refractivity contribution in [2.24, 2.45) is 0 Å². The minimum Gasteiger partial charge on any atom is -0.256 e. The molecule has 0 radical (unpaired) electrons. The third kappa shape index (κ3) is 1.48. The molecule has 2 heterocycles. The molecule has 0 N–H and O–H groups in total. The standard InChI is InChI=1S/C19H11NS/c1-3-7-15-13(5-1)18-12(11-20-15)9-10-17-19(18)14-6-2-4-8-16(14)21-17/h1-11H. The van der Waals surface area contributed by atoms with E-state index in [1.165, 1.54) is 36.3 Å². The fourth-order valence-corrected chi connectivity index (χ4v) is 4.28. The van der Waals surface area contributed by atoms with Crippen LogP contribution in [-0.4, -0.2) is 4.98 Å². The van der Waals surface area contributed by atoms with Crippen LogP contribution in [-0.2, 0) is 0 Å². The molecule has 2 aromatic heterocycles. The van der Waals surface area contributed by atoms with E-state index in [0.717, 1.165) is 5.52 Å². The largest absolute Gasteiger partial charge is 0.256 e. The molecule has 0 saturated heterocycles. The maximum absolute atomic E-state index is 4.58. The predicted octanol–water partition coefficient (Wildman–Crippen LogP) is 5.76. The first-order chi connectivity index (χ1) is 10.4. The van der Waals surface area contributed by atoms with Crippen molar-refractivity contribution in [1.29, 1.82) is 0 Å². The Morgan fingerprint density at radius 1 is 0.667 bits per heavy atom. The lowest BCUT2D eigenvalue weighted by Gasteiger charge is -2.05. The van der Waals surface area contributed by atoms with E-state index < -0.39 is 0 Å². The minimum absolute atomic E-state index is 1.06. The first-order valence-electron chi connectivity index (χ1n) is 6.99. The van der Waals surface area contributed by atoms with Crippen molar-refractivity contribution >= 4 is 53.2 Å². The number of hydrogen-bond donors (Lipinski definition) is 0. The molecule has 0 amide bonds. The van der Waals surface area contributed by atoms with Gasteiger partial charge in [0, 0.05) is 42.5 Å². The summed E-state index contributed by atoms with van der Waals surface area (Å²) in [6.07, 6.45) is 1.99. The summed E-state index contributed by atoms with van der Waals surface area (Å²) in [5, 5.41) is 6.50. The average Bonchev–Trinajstić information content (AvgIpc) is 2.93. The van der Waals surface area contributed by atoms with Gasteiger partial charge in [-0.1, -0.05) is 42.5 Å². The first-order valence-corrected chi connectivity index (χ1v) is 7.81. The highest BCUT2D eigenvalue weighted by atomic mass is 32.1. The Morgan fingerprint density at radius 3 is 2.43 bits per heavy atom. The molecule has 0 spiro atoms. The minimum atomic E-state index is 1.06. The number of fused-ring (bicyclic) bond motifs is 7. The van der Waals surface area contributed by atoms with Crippen LogP contribution in [0.5, 0.6) is 0 Å². The fraction of sp³-hybridized carbons (Fsp3) is 0. The SMILES string of the molecule is c1ccc2c(c1)ncc1ccc3sc4ccccc4c3c12. The van der Waals surface area contributed by atoms with Gasteiger partial charge in [0.1, 0.15) is 0 Å². The van der Waals surface area contributed by atoms with E-state index in [-0.39, 0.29) is 0 Å². The number of para-hydroxylation sites is 1. The van der Waals surface area contributed by atoms with Gasteiger partial charge < -0.3 is 0 Å². The molecule has 0 aliphatic heterocycles. The molecule has 3 aromatic carbocycles. The number of aromatic nitrogens is 1. The quantitative estimate of drug-likeness (QED) is 0.330. The number of thiophene rings is 1. The van der Waals surface area contributed by atoms with E-state index >= 15 is 0 Å². The highest BCUT2D eigenvalue weighted by Gasteiger charge is 2.11. The summed E-state index contributed by atoms with van der Waals surface area (Å²) >= 11 is 1.86. The van der Waals surface area contributed by atoms with E-state index in [2.05, 4.69) is 59.6 Å². The Hall–Kier alpha value is -2.45. The van der Waals surface area contributed by atoms with Crippen LogP contribution in [0.3, 0.4) is 0 Å². The van der Waals surface area contributed by atoms with Crippen molar-refractivity contribution in [3.63, 3.8) is 0 Å². The second-order valence-electron chi connectivity index (χ2n) is 5.28. The van der Waals surface area contributed by atoms with Crippen molar-refractivity contribution in [2.45, 2.75) is 0 Å². The molecular weight excluding hydrogens is 274 g/mol. The van der Waals surface area contributed by atoms with Gasteiger partial charge in [-0.15, -0.1) is 11.3 Å². The zero-order chi connectivity index (χ0) is 13.8. The Kier molecular flexibility index (Phi) is 2.15. The van der Waals surface area contributed by atoms with Crippen molar-refractivity contribution in [3.05, 3.63) is 66.9 Å². The molecule has 0 saturated carbocycles. The molecule has 0 atom stereocenters. The molecule has 21 heavy (non-hydrogen) atoms. The second-order valence-corrected chi connectivity index (χ2v) is 6.36. The number of benzene rings is 3. The van der Waals surface area contributed by atoms with Crippen molar-refractivity contribution in [1.82, 2.24) is 4.98 Å². The zero-order valence-corrected chi connectivity index (χ0v) is 12.0.